The average Bonchev–Trinajstić information content (AvgIpc) is 3.93. The van der Waals surface area contributed by atoms with Gasteiger partial charge in [-0.3, -0.25) is 23.9 Å². The van der Waals surface area contributed by atoms with Gasteiger partial charge in [0.1, 0.15) is 29.5 Å². The zero-order valence-electron chi connectivity index (χ0n) is 24.4. The zero-order chi connectivity index (χ0) is 31.8. The van der Waals surface area contributed by atoms with Gasteiger partial charge in [-0.25, -0.2) is 13.4 Å². The molecule has 3 N–H and O–H groups in total. The van der Waals surface area contributed by atoms with E-state index in [2.05, 4.69) is 33.5 Å². The van der Waals surface area contributed by atoms with Crippen LogP contribution in [0.25, 0.3) is 10.8 Å². The minimum absolute atomic E-state index is 0. The zero-order valence-corrected chi connectivity index (χ0v) is 25.3. The molecular weight excluding hydrogens is 602 g/mol. The molecule has 14 heteroatoms. The summed E-state index contributed by atoms with van der Waals surface area (Å²) in [6.07, 6.45) is 4.56. The smallest absolute Gasteiger partial charge is 0.259 e. The van der Waals surface area contributed by atoms with E-state index in [1.54, 1.807) is 31.5 Å². The van der Waals surface area contributed by atoms with Crippen molar-refractivity contribution in [2.24, 2.45) is 5.92 Å². The van der Waals surface area contributed by atoms with Gasteiger partial charge in [-0.05, 0) is 61.9 Å². The van der Waals surface area contributed by atoms with Gasteiger partial charge in [0.05, 0.1) is 18.9 Å². The third-order valence-electron chi connectivity index (χ3n) is 8.23. The fourth-order valence-electron chi connectivity index (χ4n) is 5.48. The molecule has 5 atom stereocenters. The fraction of sp³-hybridized carbons (Fsp3) is 0.452. The Morgan fingerprint density at radius 3 is 2.53 bits per heavy atom. The maximum absolute atomic E-state index is 13.8. The summed E-state index contributed by atoms with van der Waals surface area (Å²) in [5, 5.41) is 6.12. The van der Waals surface area contributed by atoms with Crippen molar-refractivity contribution >= 4 is 44.4 Å². The summed E-state index contributed by atoms with van der Waals surface area (Å²) in [4.78, 5) is 58.1. The number of methoxy groups -OCH3 is 1. The third kappa shape index (κ3) is 6.80. The minimum Gasteiger partial charge on any atom is -0.497 e. The number of carbonyl (C=O) groups is 4. The van der Waals surface area contributed by atoms with Gasteiger partial charge in [0.2, 0.25) is 33.6 Å². The van der Waals surface area contributed by atoms with Crippen LogP contribution in [0.1, 0.15) is 40.0 Å². The first-order chi connectivity index (χ1) is 20.9. The number of aromatic nitrogens is 1. The summed E-state index contributed by atoms with van der Waals surface area (Å²) in [6, 6.07) is 5.10. The Bertz CT molecular complexity index is 1640. The SMILES string of the molecule is C.C=CC(=O)N[C@H](C)C(=O)N1C[C@H](Oc2nccc3cc(OC)ccc23)C[C@H]1C(=O)N[C@]1(C(=O)NS(=O)(=O)C2CC2)C[C@H]1C=C. The molecule has 5 rings (SSSR count). The maximum Gasteiger partial charge on any atom is 0.259 e. The van der Waals surface area contributed by atoms with E-state index in [1.807, 2.05) is 6.07 Å². The van der Waals surface area contributed by atoms with Gasteiger partial charge in [-0.2, -0.15) is 0 Å². The summed E-state index contributed by atoms with van der Waals surface area (Å²) < 4.78 is 38.6. The van der Waals surface area contributed by atoms with Crippen LogP contribution in [-0.4, -0.2) is 84.6 Å². The molecule has 242 valence electrons. The van der Waals surface area contributed by atoms with Crippen LogP contribution in [0.3, 0.4) is 0 Å². The van der Waals surface area contributed by atoms with E-state index in [-0.39, 0.29) is 26.8 Å². The quantitative estimate of drug-likeness (QED) is 0.230. The molecule has 3 fully saturated rings. The monoisotopic (exact) mass is 641 g/mol. The Morgan fingerprint density at radius 1 is 1.18 bits per heavy atom. The summed E-state index contributed by atoms with van der Waals surface area (Å²) in [5.41, 5.74) is -1.52. The van der Waals surface area contributed by atoms with E-state index in [0.29, 0.717) is 29.9 Å². The van der Waals surface area contributed by atoms with Gasteiger partial charge in [0.15, 0.2) is 0 Å². The van der Waals surface area contributed by atoms with E-state index >= 15 is 0 Å². The standard InChI is InChI=1S/C30H35N5O8S.CH4/c1-5-19-15-30(19,29(39)34-44(40,41)22-8-9-22)33-26(37)24-14-21(16-35(24)28(38)17(3)32-25(36)6-2)43-27-23-10-7-20(42-4)13-18(23)11-12-31-27;/h5-7,10-13,17,19,21-22,24H,1-2,8-9,14-16H2,3-4H3,(H,32,36)(H,33,37)(H,34,39);1H4/t17-,19-,21-,24+,30-;/m1./s1. The van der Waals surface area contributed by atoms with Gasteiger partial charge in [-0.15, -0.1) is 6.58 Å². The lowest BCUT2D eigenvalue weighted by atomic mass is 10.1. The highest BCUT2D eigenvalue weighted by Gasteiger charge is 2.62. The van der Waals surface area contributed by atoms with Crippen molar-refractivity contribution < 1.29 is 37.1 Å². The van der Waals surface area contributed by atoms with E-state index in [4.69, 9.17) is 9.47 Å². The molecule has 13 nitrogen and oxygen atoms in total. The molecule has 4 amide bonds. The van der Waals surface area contributed by atoms with Crippen LogP contribution in [0.2, 0.25) is 0 Å². The molecular formula is C31H39N5O8S. The molecule has 0 unspecified atom stereocenters. The minimum atomic E-state index is -3.86. The molecule has 2 aromatic rings. The maximum atomic E-state index is 13.8. The van der Waals surface area contributed by atoms with Crippen LogP contribution in [0.15, 0.2) is 55.8 Å². The van der Waals surface area contributed by atoms with E-state index in [9.17, 15) is 27.6 Å². The van der Waals surface area contributed by atoms with Gasteiger partial charge in [0.25, 0.3) is 5.91 Å². The number of rotatable bonds is 12. The molecule has 0 bridgehead atoms. The van der Waals surface area contributed by atoms with E-state index in [0.717, 1.165) is 11.5 Å². The predicted molar refractivity (Wildman–Crippen MR) is 167 cm³/mol. The Balaban J connectivity index is 0.00000461. The molecule has 1 aliphatic heterocycles. The number of fused-ring (bicyclic) bond motifs is 1. The van der Waals surface area contributed by atoms with E-state index < -0.39 is 68.5 Å². The van der Waals surface area contributed by atoms with Crippen LogP contribution in [0, 0.1) is 5.92 Å². The Labute approximate surface area is 262 Å². The Hall–Kier alpha value is -4.46. The summed E-state index contributed by atoms with van der Waals surface area (Å²) in [5.74, 6) is -2.16. The largest absolute Gasteiger partial charge is 0.497 e. The number of nitrogens with one attached hydrogen (secondary N) is 3. The average molecular weight is 642 g/mol. The number of hydrogen-bond acceptors (Lipinski definition) is 9. The number of amides is 4. The van der Waals surface area contributed by atoms with Gasteiger partial charge in [-0.1, -0.05) is 20.1 Å². The second kappa shape index (κ2) is 12.9. The second-order valence-corrected chi connectivity index (χ2v) is 13.3. The van der Waals surface area contributed by atoms with Gasteiger partial charge in [0, 0.05) is 23.9 Å². The highest BCUT2D eigenvalue weighted by atomic mass is 32.2. The van der Waals surface area contributed by atoms with Crippen molar-refractivity contribution in [1.29, 1.82) is 0 Å². The van der Waals surface area contributed by atoms with Gasteiger partial charge < -0.3 is 25.0 Å². The molecule has 2 saturated carbocycles. The Kier molecular flexibility index (Phi) is 9.57. The van der Waals surface area contributed by atoms with Crippen LogP contribution >= 0.6 is 0 Å². The molecule has 45 heavy (non-hydrogen) atoms. The fourth-order valence-corrected chi connectivity index (χ4v) is 6.85. The number of hydrogen-bond donors (Lipinski definition) is 3. The van der Waals surface area contributed by atoms with Gasteiger partial charge >= 0.3 is 0 Å². The lowest BCUT2D eigenvalue weighted by Crippen LogP contribution is -2.58. The first kappa shape index (κ1) is 33.4. The topological polar surface area (TPSA) is 173 Å². The normalized spacial score (nSPS) is 24.4. The molecule has 2 heterocycles. The number of benzene rings is 1. The first-order valence-electron chi connectivity index (χ1n) is 14.3. The molecule has 3 aliphatic rings. The number of ether oxygens (including phenoxy) is 2. The van der Waals surface area contributed by atoms with Crippen molar-refractivity contribution in [3.8, 4) is 11.6 Å². The lowest BCUT2D eigenvalue weighted by Gasteiger charge is -2.28. The van der Waals surface area contributed by atoms with Crippen molar-refractivity contribution in [3.63, 3.8) is 0 Å². The summed E-state index contributed by atoms with van der Waals surface area (Å²) in [7, 11) is -2.30. The molecule has 0 radical (unpaired) electrons. The lowest BCUT2D eigenvalue weighted by molar-refractivity contribution is -0.141. The molecule has 2 aliphatic carbocycles. The van der Waals surface area contributed by atoms with Crippen LogP contribution in [0.4, 0.5) is 0 Å². The number of sulfonamides is 1. The predicted octanol–water partition coefficient (Wildman–Crippen LogP) is 1.59. The number of pyridine rings is 1. The van der Waals surface area contributed by atoms with Crippen molar-refractivity contribution in [2.45, 2.75) is 69.0 Å². The van der Waals surface area contributed by atoms with Crippen LogP contribution < -0.4 is 24.8 Å². The molecule has 1 aromatic carbocycles. The van der Waals surface area contributed by atoms with Crippen molar-refractivity contribution in [1.82, 2.24) is 25.2 Å². The highest BCUT2D eigenvalue weighted by molar-refractivity contribution is 7.91. The van der Waals surface area contributed by atoms with Crippen LogP contribution in [0.5, 0.6) is 11.6 Å². The Morgan fingerprint density at radius 2 is 1.91 bits per heavy atom. The number of nitrogens with zero attached hydrogens (tertiary/aromatic N) is 2. The molecule has 0 spiro atoms. The molecule has 1 aromatic heterocycles. The first-order valence-corrected chi connectivity index (χ1v) is 15.8. The highest BCUT2D eigenvalue weighted by Crippen LogP contribution is 2.45. The summed E-state index contributed by atoms with van der Waals surface area (Å²) in [6.45, 7) is 8.59. The number of likely N-dealkylation sites (tertiary alicyclic amines) is 1. The third-order valence-corrected chi connectivity index (χ3v) is 10.0. The number of carbonyl (C=O) groups excluding carboxylic acids is 4. The van der Waals surface area contributed by atoms with E-state index in [1.165, 1.54) is 17.9 Å². The summed E-state index contributed by atoms with van der Waals surface area (Å²) >= 11 is 0. The molecule has 1 saturated heterocycles. The second-order valence-electron chi connectivity index (χ2n) is 11.3. The van der Waals surface area contributed by atoms with Crippen molar-refractivity contribution in [3.05, 3.63) is 55.8 Å². The van der Waals surface area contributed by atoms with Crippen LogP contribution in [-0.2, 0) is 29.2 Å². The van der Waals surface area contributed by atoms with Crippen molar-refractivity contribution in [2.75, 3.05) is 13.7 Å².